The third kappa shape index (κ3) is 38.5. The van der Waals surface area contributed by atoms with E-state index in [0.717, 1.165) is 45.6 Å². The molecule has 478 valence electrons. The summed E-state index contributed by atoms with van der Waals surface area (Å²) in [5.74, 6) is 0.950. The number of rotatable bonds is 10. The first-order chi connectivity index (χ1) is 36.7. The van der Waals surface area contributed by atoms with E-state index in [9.17, 15) is 33.6 Å². The lowest BCUT2D eigenvalue weighted by molar-refractivity contribution is -0.143. The van der Waals surface area contributed by atoms with E-state index in [1.165, 1.54) is 12.8 Å². The van der Waals surface area contributed by atoms with Gasteiger partial charge >= 0.3 is 0 Å². The fraction of sp³-hybridized carbons (Fsp3) is 0.885. The van der Waals surface area contributed by atoms with Gasteiger partial charge in [0.15, 0.2) is 0 Å². The molecular weight excluding hydrogens is 1040 g/mol. The normalized spacial score (nSPS) is 17.4. The van der Waals surface area contributed by atoms with Crippen molar-refractivity contribution in [1.29, 1.82) is 0 Å². The summed E-state index contributed by atoms with van der Waals surface area (Å²) in [4.78, 5) is 83.8. The molecule has 0 saturated carbocycles. The Hall–Kier alpha value is -3.95. The molecule has 0 radical (unpaired) electrons. The van der Waals surface area contributed by atoms with Crippen molar-refractivity contribution in [1.82, 2.24) is 36.4 Å². The van der Waals surface area contributed by atoms with Crippen molar-refractivity contribution in [2.24, 2.45) is 43.8 Å². The van der Waals surface area contributed by atoms with Gasteiger partial charge in [0.2, 0.25) is 41.4 Å². The van der Waals surface area contributed by atoms with E-state index >= 15 is 0 Å². The smallest absolute Gasteiger partial charge is 0.228 e. The van der Waals surface area contributed by atoms with Crippen molar-refractivity contribution >= 4 is 41.4 Å². The summed E-state index contributed by atoms with van der Waals surface area (Å²) in [6.07, 6.45) is 4.07. The zero-order valence-electron chi connectivity index (χ0n) is 55.4. The highest BCUT2D eigenvalue weighted by molar-refractivity contribution is 5.84. The van der Waals surface area contributed by atoms with Gasteiger partial charge in [0.25, 0.3) is 0 Å². The van der Waals surface area contributed by atoms with Crippen molar-refractivity contribution < 1.29 is 63.1 Å². The molecule has 4 fully saturated rings. The van der Waals surface area contributed by atoms with E-state index in [-0.39, 0.29) is 123 Å². The molecule has 8 N–H and O–H groups in total. The van der Waals surface area contributed by atoms with Gasteiger partial charge in [-0.3, -0.25) is 33.6 Å². The number of aliphatic hydroxyl groups excluding tert-OH is 3. The molecule has 4 rings (SSSR count). The Labute approximate surface area is 491 Å². The monoisotopic (exact) mass is 1160 g/mol. The van der Waals surface area contributed by atoms with Crippen LogP contribution >= 0.6 is 0 Å². The van der Waals surface area contributed by atoms with Crippen molar-refractivity contribution in [3.8, 4) is 0 Å². The summed E-state index contributed by atoms with van der Waals surface area (Å²) in [7, 11) is 0. The van der Waals surface area contributed by atoms with Crippen LogP contribution in [0.3, 0.4) is 0 Å². The minimum Gasteiger partial charge on any atom is -0.395 e. The van der Waals surface area contributed by atoms with Gasteiger partial charge in [0, 0.05) is 77.2 Å². The summed E-state index contributed by atoms with van der Waals surface area (Å²) >= 11 is 0. The van der Waals surface area contributed by atoms with Gasteiger partial charge in [-0.2, -0.15) is 0 Å². The van der Waals surface area contributed by atoms with E-state index in [1.54, 1.807) is 0 Å². The highest BCUT2D eigenvalue weighted by Crippen LogP contribution is 2.22. The summed E-state index contributed by atoms with van der Waals surface area (Å²) in [5, 5.41) is 40.2. The van der Waals surface area contributed by atoms with E-state index in [0.29, 0.717) is 45.5 Å². The maximum Gasteiger partial charge on any atom is 0.228 e. The zero-order chi connectivity index (χ0) is 64.0. The minimum atomic E-state index is -0.387. The first-order valence-electron chi connectivity index (χ1n) is 29.4. The van der Waals surface area contributed by atoms with Crippen LogP contribution in [0.4, 0.5) is 0 Å². The Morgan fingerprint density at radius 3 is 1.15 bits per heavy atom. The predicted octanol–water partition coefficient (Wildman–Crippen LogP) is 6.26. The topological polar surface area (TPSA) is 274 Å². The molecule has 20 heteroatoms. The number of morpholine rings is 1. The molecule has 0 spiro atoms. The Morgan fingerprint density at radius 1 is 0.469 bits per heavy atom. The van der Waals surface area contributed by atoms with Crippen LogP contribution in [-0.2, 0) is 47.8 Å². The van der Waals surface area contributed by atoms with Gasteiger partial charge in [-0.15, -0.1) is 0 Å². The third-order valence-electron chi connectivity index (χ3n) is 12.4. The Balaban J connectivity index is -0.000000877. The molecule has 4 heterocycles. The first-order valence-corrected chi connectivity index (χ1v) is 29.4. The number of aliphatic hydroxyl groups is 3. The van der Waals surface area contributed by atoms with Gasteiger partial charge in [0.1, 0.15) is 0 Å². The molecule has 0 aromatic heterocycles. The minimum absolute atomic E-state index is 0.000509. The summed E-state index contributed by atoms with van der Waals surface area (Å²) in [6, 6.07) is 0.252. The van der Waals surface area contributed by atoms with Crippen molar-refractivity contribution in [3.05, 3.63) is 0 Å². The number of carbonyl (C=O) groups excluding carboxylic acids is 7. The van der Waals surface area contributed by atoms with Gasteiger partial charge < -0.3 is 65.9 Å². The number of hydrogen-bond acceptors (Lipinski definition) is 13. The molecule has 4 aliphatic heterocycles. The molecule has 81 heavy (non-hydrogen) atoms. The van der Waals surface area contributed by atoms with Crippen LogP contribution in [0.25, 0.3) is 0 Å². The molecule has 0 aliphatic carbocycles. The lowest BCUT2D eigenvalue weighted by atomic mass is 9.94. The number of likely N-dealkylation sites (tertiary alicyclic amines) is 1. The van der Waals surface area contributed by atoms with E-state index in [2.05, 4.69) is 26.6 Å². The number of amides is 7. The van der Waals surface area contributed by atoms with Crippen LogP contribution in [0, 0.1) is 43.8 Å². The molecular formula is C61H121N7O13. The average Bonchev–Trinajstić information content (AvgIpc) is 4.07. The van der Waals surface area contributed by atoms with Gasteiger partial charge in [-0.05, 0) is 31.6 Å². The Morgan fingerprint density at radius 2 is 0.852 bits per heavy atom. The highest BCUT2D eigenvalue weighted by atomic mass is 16.5. The largest absolute Gasteiger partial charge is 0.395 e. The van der Waals surface area contributed by atoms with Crippen molar-refractivity contribution in [3.63, 3.8) is 0 Å². The second-order valence-corrected chi connectivity index (χ2v) is 28.6. The maximum atomic E-state index is 11.7. The second-order valence-electron chi connectivity index (χ2n) is 28.6. The highest BCUT2D eigenvalue weighted by Gasteiger charge is 2.31. The van der Waals surface area contributed by atoms with Crippen LogP contribution in [0.5, 0.6) is 0 Å². The third-order valence-corrected chi connectivity index (χ3v) is 12.4. The summed E-state index contributed by atoms with van der Waals surface area (Å²) in [5.41, 5.74) is -2.13. The quantitative estimate of drug-likeness (QED) is 0.120. The number of nitrogens with one attached hydrogen (secondary N) is 5. The molecule has 7 amide bonds. The summed E-state index contributed by atoms with van der Waals surface area (Å²) < 4.78 is 15.3. The lowest BCUT2D eigenvalue weighted by Gasteiger charge is -2.32. The first kappa shape index (κ1) is 81.3. The lowest BCUT2D eigenvalue weighted by Crippen LogP contribution is -2.51. The van der Waals surface area contributed by atoms with Crippen LogP contribution in [-0.4, -0.2) is 183 Å². The average molecular weight is 1160 g/mol. The van der Waals surface area contributed by atoms with E-state index in [1.807, 2.05) is 176 Å². The molecule has 3 unspecified atom stereocenters. The van der Waals surface area contributed by atoms with E-state index in [4.69, 9.17) is 29.5 Å². The van der Waals surface area contributed by atoms with Gasteiger partial charge in [-0.25, -0.2) is 0 Å². The predicted molar refractivity (Wildman–Crippen MR) is 323 cm³/mol. The zero-order valence-corrected chi connectivity index (χ0v) is 55.4. The Kier molecular flexibility index (Phi) is 38.2. The summed E-state index contributed by atoms with van der Waals surface area (Å²) in [6.45, 7) is 53.7. The van der Waals surface area contributed by atoms with Crippen LogP contribution < -0.4 is 26.6 Å². The fourth-order valence-corrected chi connectivity index (χ4v) is 6.33. The number of carbonyl (C=O) groups is 7. The molecule has 0 aromatic rings. The molecule has 4 saturated heterocycles. The maximum absolute atomic E-state index is 11.7. The second kappa shape index (κ2) is 38.1. The van der Waals surface area contributed by atoms with Crippen molar-refractivity contribution in [2.75, 3.05) is 92.2 Å². The molecule has 3 atom stereocenters. The molecule has 0 bridgehead atoms. The Bertz CT molecular complexity index is 1780. The molecule has 20 nitrogen and oxygen atoms in total. The van der Waals surface area contributed by atoms with Crippen LogP contribution in [0.15, 0.2) is 0 Å². The number of hydrogen-bond donors (Lipinski definition) is 8. The molecule has 0 aromatic carbocycles. The fourth-order valence-electron chi connectivity index (χ4n) is 6.33. The number of nitrogens with zero attached hydrogens (tertiary/aromatic N) is 2. The SMILES string of the molecule is CC(C)(C)C(=O)N1CCCC1.CC(C)(C)C(=O)N1CCOCC1.CC(C)(C)C(=O)NC1CCOC1.CC(C)(C)C(=O)NC1COC1.CC(C)(C)C(=O)NCCO.CC(C)C(CO)NC(=O)C(C)(C)C.CCC(CO)NC(=O)C(C)(C)C. The van der Waals surface area contributed by atoms with Crippen molar-refractivity contribution in [2.45, 2.75) is 216 Å². The van der Waals surface area contributed by atoms with Crippen LogP contribution in [0.1, 0.15) is 192 Å². The molecule has 4 aliphatic rings. The number of ether oxygens (including phenoxy) is 3. The standard InChI is InChI=1S/C10H21NO2.2C9H17NO2.C9H19NO2.C9H17NO.C8H15NO2.C7H15NO2/c1-7(2)8(6-12)11-9(13)10(3,4)5;1-9(2,3)8(11)10-4-6-12-7-5-10;1-9(2,3)8(11)10-7-4-5-12-6-7;1-5-7(6-11)10-8(12)9(2,3)4;1-9(2,3)8(11)10-6-4-5-7-10;1-8(2,3)7(10)9-6-4-11-5-6;1-7(2,3)6(10)8-4-5-9/h7-8,12H,6H2,1-5H3,(H,11,13);4-7H2,1-3H3;7H,4-6H2,1-3H3,(H,10,11);7,11H,5-6H2,1-4H3,(H,10,12);4-7H2,1-3H3;6H,4-5H2,1-3H3,(H,9,10);9H,4-5H2,1-3H3,(H,8,10). The van der Waals surface area contributed by atoms with E-state index < -0.39 is 0 Å². The van der Waals surface area contributed by atoms with Gasteiger partial charge in [0.05, 0.1) is 77.0 Å². The van der Waals surface area contributed by atoms with Crippen LogP contribution in [0.2, 0.25) is 0 Å². The van der Waals surface area contributed by atoms with Gasteiger partial charge in [-0.1, -0.05) is 166 Å².